The van der Waals surface area contributed by atoms with Crippen LogP contribution in [0.4, 0.5) is 0 Å². The molecule has 1 aromatic carbocycles. The summed E-state index contributed by atoms with van der Waals surface area (Å²) in [7, 11) is 0. The van der Waals surface area contributed by atoms with Gasteiger partial charge in [0.2, 0.25) is 0 Å². The Labute approximate surface area is 79.0 Å². The fourth-order valence-corrected chi connectivity index (χ4v) is 1.66. The zero-order valence-corrected chi connectivity index (χ0v) is 7.86. The topological polar surface area (TPSA) is 9.23 Å². The molecular weight excluding hydrogens is 160 g/mol. The summed E-state index contributed by atoms with van der Waals surface area (Å²) in [4.78, 5) is 0. The minimum Gasteiger partial charge on any atom is -0.366 e. The highest BCUT2D eigenvalue weighted by Gasteiger charge is 2.27. The van der Waals surface area contributed by atoms with Gasteiger partial charge in [-0.15, -0.1) is 0 Å². The zero-order valence-electron chi connectivity index (χ0n) is 7.86. The predicted octanol–water partition coefficient (Wildman–Crippen LogP) is 2.88. The summed E-state index contributed by atoms with van der Waals surface area (Å²) in [5, 5.41) is 0. The van der Waals surface area contributed by atoms with Crippen LogP contribution in [0.5, 0.6) is 0 Å². The molecule has 0 aromatic heterocycles. The molecule has 1 aliphatic heterocycles. The van der Waals surface area contributed by atoms with Crippen LogP contribution in [0.25, 0.3) is 0 Å². The molecule has 1 heterocycles. The van der Waals surface area contributed by atoms with Crippen LogP contribution in [-0.4, -0.2) is 6.61 Å². The van der Waals surface area contributed by atoms with E-state index in [0.717, 1.165) is 13.0 Å². The maximum Gasteiger partial charge on any atom is 0.0941 e. The second kappa shape index (κ2) is 3.35. The van der Waals surface area contributed by atoms with E-state index in [-0.39, 0.29) is 5.60 Å². The van der Waals surface area contributed by atoms with Crippen molar-refractivity contribution in [2.45, 2.75) is 18.9 Å². The van der Waals surface area contributed by atoms with Gasteiger partial charge in [-0.05, 0) is 18.9 Å². The van der Waals surface area contributed by atoms with Gasteiger partial charge in [0.25, 0.3) is 0 Å². The van der Waals surface area contributed by atoms with Crippen LogP contribution >= 0.6 is 0 Å². The van der Waals surface area contributed by atoms with E-state index < -0.39 is 0 Å². The second-order valence-corrected chi connectivity index (χ2v) is 3.58. The molecule has 0 bridgehead atoms. The molecule has 0 fully saturated rings. The average molecular weight is 174 g/mol. The first kappa shape index (κ1) is 8.52. The molecule has 1 aromatic rings. The van der Waals surface area contributed by atoms with Crippen LogP contribution in [0.3, 0.4) is 0 Å². The molecule has 0 aliphatic carbocycles. The van der Waals surface area contributed by atoms with E-state index in [0.29, 0.717) is 0 Å². The van der Waals surface area contributed by atoms with Crippen molar-refractivity contribution in [1.29, 1.82) is 0 Å². The van der Waals surface area contributed by atoms with Gasteiger partial charge in [-0.2, -0.15) is 0 Å². The molecular formula is C12H14O. The van der Waals surface area contributed by atoms with Crippen molar-refractivity contribution in [2.24, 2.45) is 0 Å². The Morgan fingerprint density at radius 3 is 2.54 bits per heavy atom. The molecule has 0 amide bonds. The van der Waals surface area contributed by atoms with Crippen molar-refractivity contribution in [1.82, 2.24) is 0 Å². The van der Waals surface area contributed by atoms with E-state index in [1.165, 1.54) is 5.56 Å². The Morgan fingerprint density at radius 1 is 1.15 bits per heavy atom. The quantitative estimate of drug-likeness (QED) is 0.595. The van der Waals surface area contributed by atoms with Crippen molar-refractivity contribution in [3.63, 3.8) is 0 Å². The van der Waals surface area contributed by atoms with Crippen LogP contribution in [-0.2, 0) is 10.3 Å². The molecule has 0 radical (unpaired) electrons. The largest absolute Gasteiger partial charge is 0.366 e. The first-order valence-electron chi connectivity index (χ1n) is 4.66. The van der Waals surface area contributed by atoms with Gasteiger partial charge < -0.3 is 4.74 Å². The second-order valence-electron chi connectivity index (χ2n) is 3.58. The summed E-state index contributed by atoms with van der Waals surface area (Å²) >= 11 is 0. The van der Waals surface area contributed by atoms with Crippen LogP contribution in [0, 0.1) is 0 Å². The summed E-state index contributed by atoms with van der Waals surface area (Å²) in [6.07, 6.45) is 5.23. The van der Waals surface area contributed by atoms with E-state index in [1.807, 2.05) is 6.07 Å². The van der Waals surface area contributed by atoms with Crippen molar-refractivity contribution >= 4 is 0 Å². The average Bonchev–Trinajstić information content (AvgIpc) is 2.20. The fourth-order valence-electron chi connectivity index (χ4n) is 1.66. The molecule has 13 heavy (non-hydrogen) atoms. The Balaban J connectivity index is 2.29. The summed E-state index contributed by atoms with van der Waals surface area (Å²) in [5.41, 5.74) is 1.15. The molecule has 0 spiro atoms. The first-order chi connectivity index (χ1) is 6.31. The van der Waals surface area contributed by atoms with E-state index >= 15 is 0 Å². The van der Waals surface area contributed by atoms with Crippen molar-refractivity contribution < 1.29 is 4.74 Å². The standard InChI is InChI=1S/C12H14O/c1-12(9-5-6-10-13-12)11-7-3-2-4-8-11/h2-8H,9-10H2,1H3/t12-/m1/s1. The SMILES string of the molecule is C[C@]1(c2ccccc2)CC=CCO1. The number of benzene rings is 1. The molecule has 1 nitrogen and oxygen atoms in total. The third kappa shape index (κ3) is 1.65. The summed E-state index contributed by atoms with van der Waals surface area (Å²) in [6.45, 7) is 2.87. The molecule has 0 saturated heterocycles. The molecule has 0 N–H and O–H groups in total. The van der Waals surface area contributed by atoms with Crippen LogP contribution < -0.4 is 0 Å². The molecule has 1 atom stereocenters. The summed E-state index contributed by atoms with van der Waals surface area (Å²) < 4.78 is 5.76. The predicted molar refractivity (Wildman–Crippen MR) is 53.5 cm³/mol. The maximum atomic E-state index is 5.76. The molecule has 2 rings (SSSR count). The third-order valence-electron chi connectivity index (χ3n) is 2.56. The zero-order chi connectivity index (χ0) is 9.15. The maximum absolute atomic E-state index is 5.76. The highest BCUT2D eigenvalue weighted by molar-refractivity contribution is 5.23. The van der Waals surface area contributed by atoms with Crippen molar-refractivity contribution in [3.05, 3.63) is 48.0 Å². The number of rotatable bonds is 1. The smallest absolute Gasteiger partial charge is 0.0941 e. The van der Waals surface area contributed by atoms with Gasteiger partial charge in [0.05, 0.1) is 12.2 Å². The Kier molecular flexibility index (Phi) is 2.19. The molecule has 0 saturated carbocycles. The van der Waals surface area contributed by atoms with Crippen LogP contribution in [0.2, 0.25) is 0 Å². The van der Waals surface area contributed by atoms with Gasteiger partial charge in [-0.25, -0.2) is 0 Å². The molecule has 1 aliphatic rings. The van der Waals surface area contributed by atoms with Gasteiger partial charge in [0.15, 0.2) is 0 Å². The Hall–Kier alpha value is -1.08. The monoisotopic (exact) mass is 174 g/mol. The Morgan fingerprint density at radius 2 is 1.92 bits per heavy atom. The number of hydrogen-bond donors (Lipinski definition) is 0. The van der Waals surface area contributed by atoms with E-state index in [2.05, 4.69) is 43.3 Å². The lowest BCUT2D eigenvalue weighted by atomic mass is 9.91. The molecule has 0 unspecified atom stereocenters. The van der Waals surface area contributed by atoms with Crippen LogP contribution in [0.15, 0.2) is 42.5 Å². The van der Waals surface area contributed by atoms with E-state index in [9.17, 15) is 0 Å². The number of ether oxygens (including phenoxy) is 1. The van der Waals surface area contributed by atoms with Gasteiger partial charge in [-0.1, -0.05) is 42.5 Å². The van der Waals surface area contributed by atoms with Gasteiger partial charge in [0.1, 0.15) is 0 Å². The lowest BCUT2D eigenvalue weighted by Gasteiger charge is -2.31. The minimum atomic E-state index is -0.115. The van der Waals surface area contributed by atoms with E-state index in [1.54, 1.807) is 0 Å². The first-order valence-corrected chi connectivity index (χ1v) is 4.66. The highest BCUT2D eigenvalue weighted by atomic mass is 16.5. The highest BCUT2D eigenvalue weighted by Crippen LogP contribution is 2.31. The van der Waals surface area contributed by atoms with Gasteiger partial charge >= 0.3 is 0 Å². The molecule has 1 heteroatoms. The van der Waals surface area contributed by atoms with Gasteiger partial charge in [-0.3, -0.25) is 0 Å². The normalized spacial score (nSPS) is 27.5. The summed E-state index contributed by atoms with van der Waals surface area (Å²) in [6, 6.07) is 10.4. The molecule has 68 valence electrons. The van der Waals surface area contributed by atoms with Crippen LogP contribution in [0.1, 0.15) is 18.9 Å². The van der Waals surface area contributed by atoms with Crippen molar-refractivity contribution in [2.75, 3.05) is 6.61 Å². The Bertz CT molecular complexity index is 302. The lowest BCUT2D eigenvalue weighted by molar-refractivity contribution is -0.0260. The lowest BCUT2D eigenvalue weighted by Crippen LogP contribution is -2.27. The fraction of sp³-hybridized carbons (Fsp3) is 0.333. The van der Waals surface area contributed by atoms with Gasteiger partial charge in [0, 0.05) is 0 Å². The van der Waals surface area contributed by atoms with E-state index in [4.69, 9.17) is 4.74 Å². The number of hydrogen-bond acceptors (Lipinski definition) is 1. The van der Waals surface area contributed by atoms with Crippen molar-refractivity contribution in [3.8, 4) is 0 Å². The third-order valence-corrected chi connectivity index (χ3v) is 2.56. The minimum absolute atomic E-state index is 0.115. The summed E-state index contributed by atoms with van der Waals surface area (Å²) in [5.74, 6) is 0.